The first-order valence-corrected chi connectivity index (χ1v) is 19.3. The molecule has 0 aliphatic carbocycles. The molecule has 0 unspecified atom stereocenters. The summed E-state index contributed by atoms with van der Waals surface area (Å²) in [6.45, 7) is 0. The third-order valence-corrected chi connectivity index (χ3v) is 11.9. The van der Waals surface area contributed by atoms with Crippen molar-refractivity contribution in [2.75, 3.05) is 0 Å². The molecule has 3 heterocycles. The van der Waals surface area contributed by atoms with E-state index in [2.05, 4.69) is 176 Å². The lowest BCUT2D eigenvalue weighted by Crippen LogP contribution is -1.96. The number of pyridine rings is 1. The highest BCUT2D eigenvalue weighted by atomic mass is 32.1. The SMILES string of the molecule is c1ccc(-c2ccc(-c3nc(-c4ccccc4)cc(-c4ccc5c(c4)nc(-c4cc6ccccc6c6ccccc46)c4c6ccccc6sc54)n3)cc2)cc1. The zero-order chi connectivity index (χ0) is 36.3. The first kappa shape index (κ1) is 31.5. The van der Waals surface area contributed by atoms with Gasteiger partial charge in [-0.3, -0.25) is 0 Å². The second kappa shape index (κ2) is 12.8. The van der Waals surface area contributed by atoms with Gasteiger partial charge in [0.05, 0.1) is 22.6 Å². The van der Waals surface area contributed by atoms with E-state index in [-0.39, 0.29) is 0 Å². The van der Waals surface area contributed by atoms with E-state index in [0.717, 1.165) is 55.8 Å². The van der Waals surface area contributed by atoms with E-state index < -0.39 is 0 Å². The predicted molar refractivity (Wildman–Crippen MR) is 232 cm³/mol. The van der Waals surface area contributed by atoms with Crippen molar-refractivity contribution in [1.82, 2.24) is 15.0 Å². The van der Waals surface area contributed by atoms with Crippen molar-refractivity contribution in [3.63, 3.8) is 0 Å². The van der Waals surface area contributed by atoms with Crippen molar-refractivity contribution < 1.29 is 0 Å². The van der Waals surface area contributed by atoms with Crippen LogP contribution < -0.4 is 0 Å². The maximum Gasteiger partial charge on any atom is 0.160 e. The lowest BCUT2D eigenvalue weighted by molar-refractivity contribution is 1.18. The molecule has 0 aliphatic heterocycles. The number of hydrogen-bond donors (Lipinski definition) is 0. The van der Waals surface area contributed by atoms with Gasteiger partial charge in [-0.2, -0.15) is 0 Å². The molecule has 8 aromatic carbocycles. The summed E-state index contributed by atoms with van der Waals surface area (Å²) in [5.41, 5.74) is 10.2. The summed E-state index contributed by atoms with van der Waals surface area (Å²) in [6.07, 6.45) is 0. The minimum absolute atomic E-state index is 0.687. The van der Waals surface area contributed by atoms with Gasteiger partial charge in [0.1, 0.15) is 0 Å². The highest BCUT2D eigenvalue weighted by Crippen LogP contribution is 2.45. The van der Waals surface area contributed by atoms with Gasteiger partial charge in [-0.05, 0) is 56.9 Å². The molecule has 0 atom stereocenters. The molecule has 11 aromatic rings. The van der Waals surface area contributed by atoms with Crippen molar-refractivity contribution in [2.45, 2.75) is 0 Å². The van der Waals surface area contributed by atoms with E-state index in [9.17, 15) is 0 Å². The van der Waals surface area contributed by atoms with Crippen molar-refractivity contribution in [2.24, 2.45) is 0 Å². The maximum absolute atomic E-state index is 5.60. The third-order valence-electron chi connectivity index (χ3n) is 10.7. The molecule has 11 rings (SSSR count). The molecule has 3 aromatic heterocycles. The van der Waals surface area contributed by atoms with Gasteiger partial charge in [-0.1, -0.05) is 164 Å². The van der Waals surface area contributed by atoms with Crippen molar-refractivity contribution in [3.8, 4) is 56.3 Å². The fourth-order valence-electron chi connectivity index (χ4n) is 7.99. The molecule has 0 aliphatic rings. The number of rotatable bonds is 5. The van der Waals surface area contributed by atoms with Gasteiger partial charge in [-0.25, -0.2) is 15.0 Å². The van der Waals surface area contributed by atoms with Crippen LogP contribution in [0.15, 0.2) is 188 Å². The fourth-order valence-corrected chi connectivity index (χ4v) is 9.23. The van der Waals surface area contributed by atoms with Gasteiger partial charge in [0.15, 0.2) is 5.82 Å². The molecule has 0 fully saturated rings. The second-order valence-corrected chi connectivity index (χ2v) is 15.0. The minimum atomic E-state index is 0.687. The second-order valence-electron chi connectivity index (χ2n) is 14.0. The zero-order valence-electron chi connectivity index (χ0n) is 29.6. The Balaban J connectivity index is 1.14. The zero-order valence-corrected chi connectivity index (χ0v) is 30.5. The highest BCUT2D eigenvalue weighted by Gasteiger charge is 2.20. The summed E-state index contributed by atoms with van der Waals surface area (Å²) in [7, 11) is 0. The number of aromatic nitrogens is 3. The molecule has 0 bridgehead atoms. The predicted octanol–water partition coefficient (Wildman–Crippen LogP) is 14.0. The lowest BCUT2D eigenvalue weighted by atomic mass is 9.93. The quantitative estimate of drug-likeness (QED) is 0.166. The van der Waals surface area contributed by atoms with Gasteiger partial charge in [0.2, 0.25) is 0 Å². The Hall–Kier alpha value is -7.01. The molecule has 55 heavy (non-hydrogen) atoms. The molecular formula is C51H31N3S. The Bertz CT molecular complexity index is 3240. The molecule has 256 valence electrons. The van der Waals surface area contributed by atoms with E-state index in [1.807, 2.05) is 23.5 Å². The third kappa shape index (κ3) is 5.38. The van der Waals surface area contributed by atoms with Crippen LogP contribution in [0.25, 0.3) is 109 Å². The highest BCUT2D eigenvalue weighted by molar-refractivity contribution is 7.26. The van der Waals surface area contributed by atoms with Crippen LogP contribution in [0.2, 0.25) is 0 Å². The van der Waals surface area contributed by atoms with Crippen LogP contribution in [0, 0.1) is 0 Å². The van der Waals surface area contributed by atoms with Crippen molar-refractivity contribution in [1.29, 1.82) is 0 Å². The topological polar surface area (TPSA) is 38.7 Å². The normalized spacial score (nSPS) is 11.6. The molecule has 0 spiro atoms. The average Bonchev–Trinajstić information content (AvgIpc) is 3.66. The Morgan fingerprint density at radius 2 is 0.945 bits per heavy atom. The van der Waals surface area contributed by atoms with Crippen LogP contribution in [0.5, 0.6) is 0 Å². The number of fused-ring (bicyclic) bond motifs is 8. The van der Waals surface area contributed by atoms with E-state index in [1.165, 1.54) is 47.3 Å². The van der Waals surface area contributed by atoms with Gasteiger partial charge < -0.3 is 0 Å². The van der Waals surface area contributed by atoms with Crippen LogP contribution >= 0.6 is 11.3 Å². The first-order valence-electron chi connectivity index (χ1n) is 18.5. The molecule has 0 N–H and O–H groups in total. The molecule has 4 heteroatoms. The summed E-state index contributed by atoms with van der Waals surface area (Å²) in [4.78, 5) is 15.9. The van der Waals surface area contributed by atoms with E-state index >= 15 is 0 Å². The molecular weight excluding hydrogens is 687 g/mol. The van der Waals surface area contributed by atoms with E-state index in [4.69, 9.17) is 15.0 Å². The fraction of sp³-hybridized carbons (Fsp3) is 0. The number of hydrogen-bond acceptors (Lipinski definition) is 4. The van der Waals surface area contributed by atoms with Gasteiger partial charge >= 0.3 is 0 Å². The number of thiophene rings is 1. The van der Waals surface area contributed by atoms with Crippen LogP contribution in [0.4, 0.5) is 0 Å². The molecule has 0 saturated heterocycles. The monoisotopic (exact) mass is 717 g/mol. The summed E-state index contributed by atoms with van der Waals surface area (Å²) < 4.78 is 2.50. The largest absolute Gasteiger partial charge is 0.247 e. The lowest BCUT2D eigenvalue weighted by Gasteiger charge is -2.14. The van der Waals surface area contributed by atoms with Crippen LogP contribution in [-0.4, -0.2) is 15.0 Å². The van der Waals surface area contributed by atoms with Gasteiger partial charge in [0, 0.05) is 47.8 Å². The maximum atomic E-state index is 5.60. The molecule has 3 nitrogen and oxygen atoms in total. The Morgan fingerprint density at radius 3 is 1.73 bits per heavy atom. The number of benzene rings is 8. The van der Waals surface area contributed by atoms with Crippen LogP contribution in [0.1, 0.15) is 0 Å². The van der Waals surface area contributed by atoms with Crippen molar-refractivity contribution in [3.05, 3.63) is 188 Å². The smallest absolute Gasteiger partial charge is 0.160 e. The van der Waals surface area contributed by atoms with E-state index in [1.54, 1.807) is 0 Å². The average molecular weight is 718 g/mol. The Morgan fingerprint density at radius 1 is 0.364 bits per heavy atom. The standard InChI is InChI=1S/C51H31N3S/c1-3-13-32(14-4-1)33-23-25-35(26-24-33)51-53-44(34-15-5-2-6-16-34)31-45(54-51)37-27-28-41-46(30-37)52-49(48-42-21-11-12-22-47(42)55-50(41)48)43-29-36-17-7-8-18-38(36)39-19-9-10-20-40(39)43/h1-31H. The van der Waals surface area contributed by atoms with Crippen LogP contribution in [-0.2, 0) is 0 Å². The summed E-state index contributed by atoms with van der Waals surface area (Å²) in [6, 6.07) is 66.5. The summed E-state index contributed by atoms with van der Waals surface area (Å²) in [5, 5.41) is 8.47. The Labute approximate surface area is 321 Å². The van der Waals surface area contributed by atoms with Gasteiger partial charge in [0.25, 0.3) is 0 Å². The van der Waals surface area contributed by atoms with Crippen LogP contribution in [0.3, 0.4) is 0 Å². The summed E-state index contributed by atoms with van der Waals surface area (Å²) in [5.74, 6) is 0.687. The summed E-state index contributed by atoms with van der Waals surface area (Å²) >= 11 is 1.84. The first-order chi connectivity index (χ1) is 27.2. The van der Waals surface area contributed by atoms with E-state index in [0.29, 0.717) is 5.82 Å². The molecule has 0 radical (unpaired) electrons. The molecule has 0 amide bonds. The van der Waals surface area contributed by atoms with Crippen molar-refractivity contribution >= 4 is 64.0 Å². The minimum Gasteiger partial charge on any atom is -0.247 e. The van der Waals surface area contributed by atoms with Gasteiger partial charge in [-0.15, -0.1) is 11.3 Å². The molecule has 0 saturated carbocycles. The Kier molecular flexibility index (Phi) is 7.35. The number of nitrogens with zero attached hydrogens (tertiary/aromatic N) is 3.